The van der Waals surface area contributed by atoms with E-state index in [4.69, 9.17) is 14.7 Å². The molecule has 0 aliphatic carbocycles. The molecule has 29 heavy (non-hydrogen) atoms. The van der Waals surface area contributed by atoms with Crippen molar-refractivity contribution in [2.75, 3.05) is 25.2 Å². The number of anilines is 2. The van der Waals surface area contributed by atoms with Crippen molar-refractivity contribution in [3.8, 4) is 11.8 Å². The van der Waals surface area contributed by atoms with E-state index in [1.54, 1.807) is 19.2 Å². The van der Waals surface area contributed by atoms with Gasteiger partial charge in [-0.15, -0.1) is 11.3 Å². The first kappa shape index (κ1) is 20.5. The molecule has 0 N–H and O–H groups in total. The summed E-state index contributed by atoms with van der Waals surface area (Å²) >= 11 is 1.47. The monoisotopic (exact) mass is 407 g/mol. The summed E-state index contributed by atoms with van der Waals surface area (Å²) in [7, 11) is 1.64. The van der Waals surface area contributed by atoms with Gasteiger partial charge in [-0.2, -0.15) is 5.26 Å². The normalized spacial score (nSPS) is 10.4. The fraction of sp³-hybridized carbons (Fsp3) is 0.227. The molecular formula is C22H21N3O3S. The molecule has 0 unspecified atom stereocenters. The maximum Gasteiger partial charge on any atom is 0.191 e. The Kier molecular flexibility index (Phi) is 6.95. The van der Waals surface area contributed by atoms with E-state index in [0.29, 0.717) is 31.0 Å². The van der Waals surface area contributed by atoms with Crippen molar-refractivity contribution in [2.24, 2.45) is 0 Å². The highest BCUT2D eigenvalue weighted by Gasteiger charge is 2.17. The molecule has 148 valence electrons. The second-order valence-electron chi connectivity index (χ2n) is 6.29. The summed E-state index contributed by atoms with van der Waals surface area (Å²) in [6.45, 7) is 3.49. The quantitative estimate of drug-likeness (QED) is 0.384. The van der Waals surface area contributed by atoms with Gasteiger partial charge in [0.2, 0.25) is 0 Å². The Hall–Kier alpha value is -3.21. The molecular weight excluding hydrogens is 386 g/mol. The van der Waals surface area contributed by atoms with Gasteiger partial charge < -0.3 is 14.4 Å². The van der Waals surface area contributed by atoms with Crippen LogP contribution in [0.15, 0.2) is 48.5 Å². The van der Waals surface area contributed by atoms with Crippen LogP contribution in [-0.2, 0) is 11.3 Å². The van der Waals surface area contributed by atoms with Crippen LogP contribution in [0.1, 0.15) is 26.5 Å². The number of aryl methyl sites for hydroxylation is 1. The van der Waals surface area contributed by atoms with E-state index >= 15 is 0 Å². The molecule has 0 fully saturated rings. The standard InChI is InChI=1S/C22H21N3O3S/c1-16-21(15-26)24-22(29-16)25(19-7-3-17(13-23)4-8-19)14-18-5-9-20(10-6-18)28-12-11-27-2/h3-10,15H,11-12,14H2,1-2H3. The minimum Gasteiger partial charge on any atom is -0.491 e. The fourth-order valence-electron chi connectivity index (χ4n) is 2.72. The summed E-state index contributed by atoms with van der Waals surface area (Å²) in [4.78, 5) is 18.6. The molecule has 0 atom stereocenters. The van der Waals surface area contributed by atoms with E-state index < -0.39 is 0 Å². The smallest absolute Gasteiger partial charge is 0.191 e. The maximum absolute atomic E-state index is 11.3. The minimum atomic E-state index is 0.450. The zero-order chi connectivity index (χ0) is 20.6. The van der Waals surface area contributed by atoms with Crippen LogP contribution in [0.5, 0.6) is 5.75 Å². The van der Waals surface area contributed by atoms with Crippen LogP contribution in [0.2, 0.25) is 0 Å². The number of aldehydes is 1. The Morgan fingerprint density at radius 3 is 2.45 bits per heavy atom. The van der Waals surface area contributed by atoms with Crippen LogP contribution in [0.25, 0.3) is 0 Å². The van der Waals surface area contributed by atoms with Crippen molar-refractivity contribution < 1.29 is 14.3 Å². The van der Waals surface area contributed by atoms with E-state index in [0.717, 1.165) is 33.3 Å². The molecule has 1 heterocycles. The summed E-state index contributed by atoms with van der Waals surface area (Å²) in [5.74, 6) is 0.782. The molecule has 0 aliphatic heterocycles. The van der Waals surface area contributed by atoms with Crippen molar-refractivity contribution in [1.82, 2.24) is 4.98 Å². The lowest BCUT2D eigenvalue weighted by atomic mass is 10.1. The van der Waals surface area contributed by atoms with Crippen molar-refractivity contribution in [3.05, 3.63) is 70.2 Å². The first-order valence-electron chi connectivity index (χ1n) is 9.05. The Labute approximate surface area is 174 Å². The average Bonchev–Trinajstić information content (AvgIpc) is 3.13. The highest BCUT2D eigenvalue weighted by Crippen LogP contribution is 2.33. The number of aromatic nitrogens is 1. The van der Waals surface area contributed by atoms with Gasteiger partial charge in [0.05, 0.1) is 24.8 Å². The van der Waals surface area contributed by atoms with E-state index in [-0.39, 0.29) is 0 Å². The number of methoxy groups -OCH3 is 1. The molecule has 3 rings (SSSR count). The molecule has 3 aromatic rings. The van der Waals surface area contributed by atoms with Gasteiger partial charge in [-0.05, 0) is 48.9 Å². The third-order valence-corrected chi connectivity index (χ3v) is 5.30. The van der Waals surface area contributed by atoms with Gasteiger partial charge in [0.1, 0.15) is 18.1 Å². The summed E-state index contributed by atoms with van der Waals surface area (Å²) in [5, 5.41) is 9.79. The number of ether oxygens (including phenoxy) is 2. The SMILES string of the molecule is COCCOc1ccc(CN(c2ccc(C#N)cc2)c2nc(C=O)c(C)s2)cc1. The fourth-order valence-corrected chi connectivity index (χ4v) is 3.62. The van der Waals surface area contributed by atoms with Gasteiger partial charge in [0.25, 0.3) is 0 Å². The molecule has 0 amide bonds. The number of carbonyl (C=O) groups excluding carboxylic acids is 1. The predicted molar refractivity (Wildman–Crippen MR) is 113 cm³/mol. The van der Waals surface area contributed by atoms with Gasteiger partial charge in [-0.25, -0.2) is 4.98 Å². The predicted octanol–water partition coefficient (Wildman–Crippen LogP) is 4.50. The molecule has 0 aliphatic rings. The van der Waals surface area contributed by atoms with Gasteiger partial charge >= 0.3 is 0 Å². The largest absolute Gasteiger partial charge is 0.491 e. The zero-order valence-electron chi connectivity index (χ0n) is 16.3. The average molecular weight is 407 g/mol. The van der Waals surface area contributed by atoms with E-state index in [1.165, 1.54) is 11.3 Å². The van der Waals surface area contributed by atoms with Crippen LogP contribution < -0.4 is 9.64 Å². The lowest BCUT2D eigenvalue weighted by molar-refractivity contribution is 0.111. The third-order valence-electron chi connectivity index (χ3n) is 4.29. The summed E-state index contributed by atoms with van der Waals surface area (Å²) in [5.41, 5.74) is 3.00. The molecule has 6 nitrogen and oxygen atoms in total. The lowest BCUT2D eigenvalue weighted by Gasteiger charge is -2.22. The van der Waals surface area contributed by atoms with E-state index in [9.17, 15) is 4.79 Å². The number of carbonyl (C=O) groups is 1. The second-order valence-corrected chi connectivity index (χ2v) is 7.47. The Balaban J connectivity index is 1.86. The summed E-state index contributed by atoms with van der Waals surface area (Å²) in [6, 6.07) is 17.3. The number of nitriles is 1. The molecule has 0 saturated heterocycles. The van der Waals surface area contributed by atoms with E-state index in [2.05, 4.69) is 11.1 Å². The van der Waals surface area contributed by atoms with Gasteiger partial charge in [0, 0.05) is 17.7 Å². The van der Waals surface area contributed by atoms with Gasteiger partial charge in [0.15, 0.2) is 11.4 Å². The highest BCUT2D eigenvalue weighted by molar-refractivity contribution is 7.15. The van der Waals surface area contributed by atoms with Crippen LogP contribution in [-0.4, -0.2) is 31.6 Å². The third kappa shape index (κ3) is 5.19. The number of benzene rings is 2. The first-order valence-corrected chi connectivity index (χ1v) is 9.87. The lowest BCUT2D eigenvalue weighted by Crippen LogP contribution is -2.16. The van der Waals surface area contributed by atoms with Crippen molar-refractivity contribution >= 4 is 28.4 Å². The summed E-state index contributed by atoms with van der Waals surface area (Å²) in [6.07, 6.45) is 0.776. The van der Waals surface area contributed by atoms with Crippen molar-refractivity contribution in [3.63, 3.8) is 0 Å². The van der Waals surface area contributed by atoms with Crippen LogP contribution in [0, 0.1) is 18.3 Å². The molecule has 7 heteroatoms. The number of hydrogen-bond donors (Lipinski definition) is 0. The van der Waals surface area contributed by atoms with Crippen molar-refractivity contribution in [1.29, 1.82) is 5.26 Å². The number of hydrogen-bond acceptors (Lipinski definition) is 7. The number of rotatable bonds is 9. The van der Waals surface area contributed by atoms with Crippen LogP contribution in [0.3, 0.4) is 0 Å². The maximum atomic E-state index is 11.3. The summed E-state index contributed by atoms with van der Waals surface area (Å²) < 4.78 is 10.6. The molecule has 0 saturated carbocycles. The highest BCUT2D eigenvalue weighted by atomic mass is 32.1. The first-order chi connectivity index (χ1) is 14.1. The van der Waals surface area contributed by atoms with E-state index in [1.807, 2.05) is 48.2 Å². The molecule has 0 bridgehead atoms. The van der Waals surface area contributed by atoms with Crippen LogP contribution >= 0.6 is 11.3 Å². The number of nitrogens with zero attached hydrogens (tertiary/aromatic N) is 3. The van der Waals surface area contributed by atoms with Crippen molar-refractivity contribution in [2.45, 2.75) is 13.5 Å². The van der Waals surface area contributed by atoms with Gasteiger partial charge in [-0.1, -0.05) is 12.1 Å². The number of thiazole rings is 1. The zero-order valence-corrected chi connectivity index (χ0v) is 17.1. The van der Waals surface area contributed by atoms with Gasteiger partial charge in [-0.3, -0.25) is 4.79 Å². The Bertz CT molecular complexity index is 992. The molecule has 0 spiro atoms. The Morgan fingerprint density at radius 1 is 1.14 bits per heavy atom. The molecule has 0 radical (unpaired) electrons. The molecule has 2 aromatic carbocycles. The molecule has 1 aromatic heterocycles. The topological polar surface area (TPSA) is 75.5 Å². The minimum absolute atomic E-state index is 0.450. The van der Waals surface area contributed by atoms with Crippen LogP contribution in [0.4, 0.5) is 10.8 Å². The Morgan fingerprint density at radius 2 is 1.86 bits per heavy atom. The second kappa shape index (κ2) is 9.82.